The van der Waals surface area contributed by atoms with E-state index in [1.54, 1.807) is 19.9 Å². The Morgan fingerprint density at radius 3 is 2.89 bits per heavy atom. The lowest BCUT2D eigenvalue weighted by Gasteiger charge is -2.25. The van der Waals surface area contributed by atoms with Crippen LogP contribution in [0.25, 0.3) is 0 Å². The third kappa shape index (κ3) is 2.23. The van der Waals surface area contributed by atoms with Crippen molar-refractivity contribution in [1.29, 1.82) is 0 Å². The molecule has 18 heavy (non-hydrogen) atoms. The van der Waals surface area contributed by atoms with Gasteiger partial charge in [-0.2, -0.15) is 0 Å². The number of aryl methyl sites for hydroxylation is 1. The highest BCUT2D eigenvalue weighted by molar-refractivity contribution is 5.96. The Balaban J connectivity index is 2.16. The summed E-state index contributed by atoms with van der Waals surface area (Å²) in [6, 6.07) is 3.92. The number of nitrogens with two attached hydrogens (primary N) is 1. The smallest absolute Gasteiger partial charge is 0.234 e. The van der Waals surface area contributed by atoms with E-state index in [0.717, 1.165) is 0 Å². The quantitative estimate of drug-likeness (QED) is 0.837. The van der Waals surface area contributed by atoms with Gasteiger partial charge in [-0.1, -0.05) is 0 Å². The van der Waals surface area contributed by atoms with E-state index in [1.807, 2.05) is 0 Å². The van der Waals surface area contributed by atoms with E-state index in [4.69, 9.17) is 10.5 Å². The first kappa shape index (κ1) is 13.0. The van der Waals surface area contributed by atoms with Gasteiger partial charge < -0.3 is 15.8 Å². The van der Waals surface area contributed by atoms with Gasteiger partial charge >= 0.3 is 0 Å². The third-order valence-electron chi connectivity index (χ3n) is 3.47. The molecule has 0 bridgehead atoms. The summed E-state index contributed by atoms with van der Waals surface area (Å²) in [6.45, 7) is 4.21. The lowest BCUT2D eigenvalue weighted by Crippen LogP contribution is -2.47. The molecule has 0 saturated carbocycles. The maximum Gasteiger partial charge on any atom is 0.234 e. The molecule has 1 fully saturated rings. The molecular weight excluding hydrogens is 235 g/mol. The minimum atomic E-state index is -0.735. The van der Waals surface area contributed by atoms with Crippen molar-refractivity contribution in [2.45, 2.75) is 19.9 Å². The Bertz CT molecular complexity index is 478. The molecule has 1 aliphatic heterocycles. The summed E-state index contributed by atoms with van der Waals surface area (Å²) in [6.07, 6.45) is 0. The number of benzene rings is 1. The van der Waals surface area contributed by atoms with Crippen LogP contribution in [-0.2, 0) is 9.53 Å². The third-order valence-corrected chi connectivity index (χ3v) is 3.47. The van der Waals surface area contributed by atoms with Crippen LogP contribution in [0, 0.1) is 18.2 Å². The van der Waals surface area contributed by atoms with Crippen LogP contribution in [0.2, 0.25) is 0 Å². The number of carbonyl (C=O) groups excluding carboxylic acids is 1. The molecular formula is C13H17FN2O2. The van der Waals surface area contributed by atoms with Gasteiger partial charge in [-0.05, 0) is 37.6 Å². The van der Waals surface area contributed by atoms with Crippen LogP contribution >= 0.6 is 0 Å². The SMILES string of the molecule is Cc1cc(F)ccc1NC(=O)C1(C)COCC1N. The number of ether oxygens (including phenoxy) is 1. The summed E-state index contributed by atoms with van der Waals surface area (Å²) in [5, 5.41) is 2.78. The van der Waals surface area contributed by atoms with E-state index in [1.165, 1.54) is 12.1 Å². The molecule has 3 N–H and O–H groups in total. The van der Waals surface area contributed by atoms with Crippen molar-refractivity contribution in [3.05, 3.63) is 29.6 Å². The van der Waals surface area contributed by atoms with E-state index in [9.17, 15) is 9.18 Å². The van der Waals surface area contributed by atoms with E-state index < -0.39 is 5.41 Å². The average molecular weight is 252 g/mol. The van der Waals surface area contributed by atoms with Gasteiger partial charge in [0.05, 0.1) is 18.6 Å². The van der Waals surface area contributed by atoms with Crippen LogP contribution in [0.3, 0.4) is 0 Å². The van der Waals surface area contributed by atoms with E-state index >= 15 is 0 Å². The van der Waals surface area contributed by atoms with Crippen molar-refractivity contribution >= 4 is 11.6 Å². The van der Waals surface area contributed by atoms with Gasteiger partial charge in [0.15, 0.2) is 0 Å². The number of anilines is 1. The Kier molecular flexibility index (Phi) is 3.36. The molecule has 1 aliphatic rings. The summed E-state index contributed by atoms with van der Waals surface area (Å²) < 4.78 is 18.2. The van der Waals surface area contributed by atoms with Gasteiger partial charge in [0.25, 0.3) is 0 Å². The van der Waals surface area contributed by atoms with Gasteiger partial charge in [-0.25, -0.2) is 4.39 Å². The second-order valence-corrected chi connectivity index (χ2v) is 4.95. The molecule has 98 valence electrons. The molecule has 1 aromatic carbocycles. The highest BCUT2D eigenvalue weighted by atomic mass is 19.1. The van der Waals surface area contributed by atoms with Crippen molar-refractivity contribution < 1.29 is 13.9 Å². The molecule has 2 rings (SSSR count). The fourth-order valence-corrected chi connectivity index (χ4v) is 1.96. The van der Waals surface area contributed by atoms with Crippen LogP contribution in [-0.4, -0.2) is 25.2 Å². The normalized spacial score (nSPS) is 27.2. The van der Waals surface area contributed by atoms with Crippen molar-refractivity contribution in [3.8, 4) is 0 Å². The molecule has 2 unspecified atom stereocenters. The summed E-state index contributed by atoms with van der Waals surface area (Å²) in [5.74, 6) is -0.514. The second kappa shape index (κ2) is 4.66. The molecule has 0 aromatic heterocycles. The van der Waals surface area contributed by atoms with Gasteiger partial charge in [-0.15, -0.1) is 0 Å². The number of nitrogens with one attached hydrogen (secondary N) is 1. The van der Waals surface area contributed by atoms with Crippen molar-refractivity contribution in [2.75, 3.05) is 18.5 Å². The molecule has 1 aromatic rings. The Morgan fingerprint density at radius 1 is 1.61 bits per heavy atom. The number of hydrogen-bond acceptors (Lipinski definition) is 3. The number of amides is 1. The summed E-state index contributed by atoms with van der Waals surface area (Å²) in [5.41, 5.74) is 6.43. The van der Waals surface area contributed by atoms with E-state index in [-0.39, 0.29) is 17.8 Å². The monoisotopic (exact) mass is 252 g/mol. The molecule has 0 aliphatic carbocycles. The maximum atomic E-state index is 13.0. The Labute approximate surface area is 105 Å². The number of halogens is 1. The van der Waals surface area contributed by atoms with E-state index in [2.05, 4.69) is 5.32 Å². The minimum Gasteiger partial charge on any atom is -0.379 e. The standard InChI is InChI=1S/C13H17FN2O2/c1-8-5-9(14)3-4-10(8)16-12(17)13(2)7-18-6-11(13)15/h3-5,11H,6-7,15H2,1-2H3,(H,16,17). The molecule has 0 radical (unpaired) electrons. The fraction of sp³-hybridized carbons (Fsp3) is 0.462. The Hall–Kier alpha value is -1.46. The minimum absolute atomic E-state index is 0.192. The maximum absolute atomic E-state index is 13.0. The highest BCUT2D eigenvalue weighted by Crippen LogP contribution is 2.29. The summed E-state index contributed by atoms with van der Waals surface area (Å²) >= 11 is 0. The van der Waals surface area contributed by atoms with Crippen LogP contribution in [0.5, 0.6) is 0 Å². The topological polar surface area (TPSA) is 64.3 Å². The van der Waals surface area contributed by atoms with Gasteiger partial charge in [-0.3, -0.25) is 4.79 Å². The fourth-order valence-electron chi connectivity index (χ4n) is 1.96. The molecule has 0 spiro atoms. The number of carbonyl (C=O) groups is 1. The molecule has 1 heterocycles. The Morgan fingerprint density at radius 2 is 2.33 bits per heavy atom. The largest absolute Gasteiger partial charge is 0.379 e. The molecule has 5 heteroatoms. The zero-order valence-electron chi connectivity index (χ0n) is 10.5. The lowest BCUT2D eigenvalue weighted by molar-refractivity contribution is -0.125. The van der Waals surface area contributed by atoms with Crippen molar-refractivity contribution in [2.24, 2.45) is 11.1 Å². The summed E-state index contributed by atoms with van der Waals surface area (Å²) in [4.78, 5) is 12.2. The summed E-state index contributed by atoms with van der Waals surface area (Å²) in [7, 11) is 0. The first-order valence-electron chi connectivity index (χ1n) is 5.84. The highest BCUT2D eigenvalue weighted by Gasteiger charge is 2.44. The first-order valence-corrected chi connectivity index (χ1v) is 5.84. The van der Waals surface area contributed by atoms with Crippen molar-refractivity contribution in [1.82, 2.24) is 0 Å². The van der Waals surface area contributed by atoms with Gasteiger partial charge in [0, 0.05) is 11.7 Å². The van der Waals surface area contributed by atoms with Crippen molar-refractivity contribution in [3.63, 3.8) is 0 Å². The van der Waals surface area contributed by atoms with Crippen LogP contribution in [0.15, 0.2) is 18.2 Å². The van der Waals surface area contributed by atoms with Gasteiger partial charge in [0.2, 0.25) is 5.91 Å². The second-order valence-electron chi connectivity index (χ2n) is 4.95. The zero-order chi connectivity index (χ0) is 13.3. The molecule has 1 saturated heterocycles. The predicted molar refractivity (Wildman–Crippen MR) is 66.7 cm³/mol. The number of hydrogen-bond donors (Lipinski definition) is 2. The molecule has 2 atom stereocenters. The van der Waals surface area contributed by atoms with Gasteiger partial charge in [0.1, 0.15) is 5.82 Å². The average Bonchev–Trinajstić information content (AvgIpc) is 2.64. The lowest BCUT2D eigenvalue weighted by atomic mass is 9.84. The molecule has 1 amide bonds. The first-order chi connectivity index (χ1) is 8.43. The number of rotatable bonds is 2. The zero-order valence-corrected chi connectivity index (χ0v) is 10.5. The van der Waals surface area contributed by atoms with Crippen LogP contribution in [0.4, 0.5) is 10.1 Å². The van der Waals surface area contributed by atoms with E-state index in [0.29, 0.717) is 24.5 Å². The van der Waals surface area contributed by atoms with Crippen LogP contribution < -0.4 is 11.1 Å². The molecule has 4 nitrogen and oxygen atoms in total. The predicted octanol–water partition coefficient (Wildman–Crippen LogP) is 1.44. The van der Waals surface area contributed by atoms with Crippen LogP contribution in [0.1, 0.15) is 12.5 Å².